The molecule has 0 radical (unpaired) electrons. The number of para-hydroxylation sites is 1. The van der Waals surface area contributed by atoms with Crippen LogP contribution in [0.1, 0.15) is 37.7 Å². The molecule has 1 aliphatic rings. The van der Waals surface area contributed by atoms with Crippen molar-refractivity contribution in [2.75, 3.05) is 39.4 Å². The molecule has 32 heavy (non-hydrogen) atoms. The lowest BCUT2D eigenvalue weighted by Gasteiger charge is -2.22. The topological polar surface area (TPSA) is 59.1 Å². The quantitative estimate of drug-likeness (QED) is 0.525. The van der Waals surface area contributed by atoms with Crippen LogP contribution in [0.4, 0.5) is 0 Å². The van der Waals surface area contributed by atoms with Gasteiger partial charge in [0, 0.05) is 39.0 Å². The summed E-state index contributed by atoms with van der Waals surface area (Å²) in [6, 6.07) is 17.6. The van der Waals surface area contributed by atoms with E-state index in [0.717, 1.165) is 17.9 Å². The van der Waals surface area contributed by atoms with Crippen molar-refractivity contribution < 1.29 is 19.1 Å². The van der Waals surface area contributed by atoms with Gasteiger partial charge in [0.2, 0.25) is 11.8 Å². The summed E-state index contributed by atoms with van der Waals surface area (Å²) in [7, 11) is 0. The fourth-order valence-electron chi connectivity index (χ4n) is 3.71. The Bertz CT molecular complexity index is 839. The molecular formula is C26H34N2O4. The first-order valence-electron chi connectivity index (χ1n) is 11.5. The van der Waals surface area contributed by atoms with Crippen LogP contribution in [0.5, 0.6) is 11.5 Å². The number of benzene rings is 2. The summed E-state index contributed by atoms with van der Waals surface area (Å²) in [4.78, 5) is 28.9. The Balaban J connectivity index is 1.30. The van der Waals surface area contributed by atoms with Crippen molar-refractivity contribution in [2.24, 2.45) is 0 Å². The minimum absolute atomic E-state index is 0.141. The average molecular weight is 439 g/mol. The van der Waals surface area contributed by atoms with Gasteiger partial charge in [0.25, 0.3) is 0 Å². The second-order valence-electron chi connectivity index (χ2n) is 8.15. The SMILES string of the molecule is Cc1ccc(OCCCC(=O)N2CCCN(C(=O)CCCOc3ccccc3)CC2)cc1. The van der Waals surface area contributed by atoms with Gasteiger partial charge in [0.05, 0.1) is 13.2 Å². The molecule has 0 aliphatic carbocycles. The molecule has 0 spiro atoms. The van der Waals surface area contributed by atoms with E-state index < -0.39 is 0 Å². The second kappa shape index (κ2) is 12.7. The maximum Gasteiger partial charge on any atom is 0.222 e. The highest BCUT2D eigenvalue weighted by Gasteiger charge is 2.21. The zero-order valence-electron chi connectivity index (χ0n) is 19.0. The number of carbonyl (C=O) groups is 2. The predicted molar refractivity (Wildman–Crippen MR) is 125 cm³/mol. The van der Waals surface area contributed by atoms with Gasteiger partial charge in [0.1, 0.15) is 11.5 Å². The zero-order chi connectivity index (χ0) is 22.6. The third kappa shape index (κ3) is 7.91. The minimum Gasteiger partial charge on any atom is -0.494 e. The third-order valence-corrected chi connectivity index (χ3v) is 5.57. The monoisotopic (exact) mass is 438 g/mol. The van der Waals surface area contributed by atoms with Crippen LogP contribution in [0.3, 0.4) is 0 Å². The Morgan fingerprint density at radius 2 is 1.22 bits per heavy atom. The summed E-state index contributed by atoms with van der Waals surface area (Å²) in [5.74, 6) is 1.94. The summed E-state index contributed by atoms with van der Waals surface area (Å²) in [6.07, 6.45) is 3.13. The molecule has 2 aromatic rings. The maximum atomic E-state index is 12.6. The highest BCUT2D eigenvalue weighted by molar-refractivity contribution is 5.77. The fourth-order valence-corrected chi connectivity index (χ4v) is 3.71. The largest absolute Gasteiger partial charge is 0.494 e. The van der Waals surface area contributed by atoms with Gasteiger partial charge in [0.15, 0.2) is 0 Å². The van der Waals surface area contributed by atoms with Crippen molar-refractivity contribution in [2.45, 2.75) is 39.0 Å². The van der Waals surface area contributed by atoms with Gasteiger partial charge in [-0.15, -0.1) is 0 Å². The normalized spacial score (nSPS) is 14.0. The van der Waals surface area contributed by atoms with E-state index in [1.165, 1.54) is 5.56 Å². The average Bonchev–Trinajstić information content (AvgIpc) is 3.08. The number of ether oxygens (including phenoxy) is 2. The molecule has 1 aliphatic heterocycles. The van der Waals surface area contributed by atoms with E-state index in [1.54, 1.807) is 0 Å². The first kappa shape index (κ1) is 23.6. The molecule has 1 heterocycles. The van der Waals surface area contributed by atoms with E-state index in [2.05, 4.69) is 0 Å². The van der Waals surface area contributed by atoms with Crippen LogP contribution in [-0.2, 0) is 9.59 Å². The summed E-state index contributed by atoms with van der Waals surface area (Å²) < 4.78 is 11.4. The van der Waals surface area contributed by atoms with E-state index in [-0.39, 0.29) is 11.8 Å². The molecule has 0 aromatic heterocycles. The highest BCUT2D eigenvalue weighted by atomic mass is 16.5. The second-order valence-corrected chi connectivity index (χ2v) is 8.15. The number of hydrogen-bond acceptors (Lipinski definition) is 4. The smallest absolute Gasteiger partial charge is 0.222 e. The molecule has 2 aromatic carbocycles. The van der Waals surface area contributed by atoms with Crippen LogP contribution in [0.25, 0.3) is 0 Å². The van der Waals surface area contributed by atoms with Crippen molar-refractivity contribution in [3.63, 3.8) is 0 Å². The molecule has 0 bridgehead atoms. The van der Waals surface area contributed by atoms with E-state index in [9.17, 15) is 9.59 Å². The first-order valence-corrected chi connectivity index (χ1v) is 11.5. The molecule has 1 fully saturated rings. The number of rotatable bonds is 10. The summed E-state index contributed by atoms with van der Waals surface area (Å²) in [5, 5.41) is 0. The van der Waals surface area contributed by atoms with Gasteiger partial charge in [-0.25, -0.2) is 0 Å². The molecule has 6 nitrogen and oxygen atoms in total. The van der Waals surface area contributed by atoms with Gasteiger partial charge in [-0.05, 0) is 50.5 Å². The molecule has 2 amide bonds. The summed E-state index contributed by atoms with van der Waals surface area (Å²) in [6.45, 7) is 5.71. The molecule has 3 rings (SSSR count). The summed E-state index contributed by atoms with van der Waals surface area (Å²) in [5.41, 5.74) is 1.20. The number of hydrogen-bond donors (Lipinski definition) is 0. The fraction of sp³-hybridized carbons (Fsp3) is 0.462. The van der Waals surface area contributed by atoms with Gasteiger partial charge in [-0.2, -0.15) is 0 Å². The van der Waals surface area contributed by atoms with Crippen LogP contribution >= 0.6 is 0 Å². The Kier molecular flexibility index (Phi) is 9.41. The Labute approximate surface area is 191 Å². The Hall–Kier alpha value is -3.02. The van der Waals surface area contributed by atoms with Crippen molar-refractivity contribution >= 4 is 11.8 Å². The van der Waals surface area contributed by atoms with Crippen LogP contribution < -0.4 is 9.47 Å². The van der Waals surface area contributed by atoms with Gasteiger partial charge >= 0.3 is 0 Å². The van der Waals surface area contributed by atoms with Crippen molar-refractivity contribution in [1.82, 2.24) is 9.80 Å². The molecule has 172 valence electrons. The standard InChI is InChI=1S/C26H34N2O4/c1-22-12-14-24(15-13-22)32-21-6-11-26(30)28-17-7-16-27(18-19-28)25(29)10-5-20-31-23-8-3-2-4-9-23/h2-4,8-9,12-15H,5-7,10-11,16-21H2,1H3. The molecule has 0 atom stereocenters. The van der Waals surface area contributed by atoms with Gasteiger partial charge < -0.3 is 19.3 Å². The van der Waals surface area contributed by atoms with Crippen molar-refractivity contribution in [3.8, 4) is 11.5 Å². The minimum atomic E-state index is 0.141. The number of amides is 2. The van der Waals surface area contributed by atoms with E-state index in [4.69, 9.17) is 9.47 Å². The van der Waals surface area contributed by atoms with Gasteiger partial charge in [-0.1, -0.05) is 35.9 Å². The van der Waals surface area contributed by atoms with Crippen molar-refractivity contribution in [3.05, 3.63) is 60.2 Å². The van der Waals surface area contributed by atoms with E-state index >= 15 is 0 Å². The van der Waals surface area contributed by atoms with Crippen LogP contribution in [-0.4, -0.2) is 61.0 Å². The molecule has 6 heteroatoms. The lowest BCUT2D eigenvalue weighted by Crippen LogP contribution is -2.37. The van der Waals surface area contributed by atoms with E-state index in [1.807, 2.05) is 71.3 Å². The van der Waals surface area contributed by atoms with Gasteiger partial charge in [-0.3, -0.25) is 9.59 Å². The number of aryl methyl sites for hydroxylation is 1. The Morgan fingerprint density at radius 1 is 0.719 bits per heavy atom. The summed E-state index contributed by atoms with van der Waals surface area (Å²) >= 11 is 0. The lowest BCUT2D eigenvalue weighted by molar-refractivity contribution is -0.133. The molecule has 0 saturated carbocycles. The predicted octanol–water partition coefficient (Wildman–Crippen LogP) is 4.07. The van der Waals surface area contributed by atoms with Crippen LogP contribution in [0, 0.1) is 6.92 Å². The first-order chi connectivity index (χ1) is 15.6. The van der Waals surface area contributed by atoms with Crippen LogP contribution in [0.15, 0.2) is 54.6 Å². The maximum absolute atomic E-state index is 12.6. The van der Waals surface area contributed by atoms with Crippen LogP contribution in [0.2, 0.25) is 0 Å². The third-order valence-electron chi connectivity index (χ3n) is 5.57. The molecule has 0 unspecified atom stereocenters. The zero-order valence-corrected chi connectivity index (χ0v) is 19.0. The van der Waals surface area contributed by atoms with Crippen molar-refractivity contribution in [1.29, 1.82) is 0 Å². The Morgan fingerprint density at radius 3 is 1.75 bits per heavy atom. The molecule has 0 N–H and O–H groups in total. The van der Waals surface area contributed by atoms with E-state index in [0.29, 0.717) is 65.1 Å². The highest BCUT2D eigenvalue weighted by Crippen LogP contribution is 2.13. The molecule has 1 saturated heterocycles. The number of carbonyl (C=O) groups excluding carboxylic acids is 2. The number of nitrogens with zero attached hydrogens (tertiary/aromatic N) is 2. The lowest BCUT2D eigenvalue weighted by atomic mass is 10.2. The molecular weight excluding hydrogens is 404 g/mol.